The van der Waals surface area contributed by atoms with Gasteiger partial charge in [-0.3, -0.25) is 0 Å². The van der Waals surface area contributed by atoms with Crippen molar-refractivity contribution >= 4 is 5.97 Å². The number of hydrogen-bond acceptors (Lipinski definition) is 3. The van der Waals surface area contributed by atoms with E-state index in [1.54, 1.807) is 0 Å². The van der Waals surface area contributed by atoms with Gasteiger partial charge < -0.3 is 15.7 Å². The molecule has 0 aromatic rings. The second kappa shape index (κ2) is 9.63. The predicted octanol–water partition coefficient (Wildman–Crippen LogP) is -4.11. The summed E-state index contributed by atoms with van der Waals surface area (Å²) in [6.07, 6.45) is 0. The fourth-order valence-corrected chi connectivity index (χ4v) is 0. The van der Waals surface area contributed by atoms with Crippen molar-refractivity contribution in [2.45, 2.75) is 0 Å². The van der Waals surface area contributed by atoms with Gasteiger partial charge in [-0.15, -0.1) is 0 Å². The number of aliphatic carboxylic acids is 1. The summed E-state index contributed by atoms with van der Waals surface area (Å²) < 4.78 is 0. The van der Waals surface area contributed by atoms with Gasteiger partial charge in [0.05, 0.1) is 0 Å². The van der Waals surface area contributed by atoms with E-state index in [0.29, 0.717) is 0 Å². The molecule has 0 aliphatic heterocycles. The average Bonchev–Trinajstić information content (AvgIpc) is 1.38. The zero-order valence-electron chi connectivity index (χ0n) is 3.96. The second-order valence-corrected chi connectivity index (χ2v) is 0.552. The number of carboxylic acid groups (broad SMARTS) is 1. The fraction of sp³-hybridized carbons (Fsp3) is 0.500. The van der Waals surface area contributed by atoms with E-state index in [1.165, 1.54) is 0 Å². The average molecular weight is 116 g/mol. The quantitative estimate of drug-likeness (QED) is 0.341. The van der Waals surface area contributed by atoms with Gasteiger partial charge in [-0.1, -0.05) is 0 Å². The first-order valence-corrected chi connectivity index (χ1v) is 1.10. The zero-order valence-corrected chi connectivity index (χ0v) is 5.96. The van der Waals surface area contributed by atoms with Crippen LogP contribution in [-0.2, 0) is 4.79 Å². The normalized spacial score (nSPS) is 5.29. The van der Waals surface area contributed by atoms with Gasteiger partial charge in [0.1, 0.15) is 6.61 Å². The molecule has 0 atom stereocenters. The topological polar surface area (TPSA) is 87.5 Å². The van der Waals surface area contributed by atoms with Gasteiger partial charge in [0, 0.05) is 0 Å². The molecule has 0 aliphatic carbocycles. The molecular formula is C2H5NaO4. The molecule has 0 bridgehead atoms. The van der Waals surface area contributed by atoms with Gasteiger partial charge in [0.2, 0.25) is 0 Å². The number of carboxylic acids is 1. The number of rotatable bonds is 1. The van der Waals surface area contributed by atoms with Crippen LogP contribution in [0.1, 0.15) is 0 Å². The van der Waals surface area contributed by atoms with Crippen LogP contribution in [0.25, 0.3) is 0 Å². The van der Waals surface area contributed by atoms with Gasteiger partial charge in [0.15, 0.2) is 0 Å². The van der Waals surface area contributed by atoms with Gasteiger partial charge in [-0.2, -0.15) is 0 Å². The van der Waals surface area contributed by atoms with E-state index in [4.69, 9.17) is 15.0 Å². The summed E-state index contributed by atoms with van der Waals surface area (Å²) >= 11 is 0. The maximum atomic E-state index is 9.12. The van der Waals surface area contributed by atoms with E-state index in [2.05, 4.69) is 0 Å². The summed E-state index contributed by atoms with van der Waals surface area (Å²) in [6.45, 7) is -0.778. The van der Waals surface area contributed by atoms with Gasteiger partial charge >= 0.3 is 35.5 Å². The van der Waals surface area contributed by atoms with E-state index in [0.717, 1.165) is 0 Å². The summed E-state index contributed by atoms with van der Waals surface area (Å²) in [4.78, 5) is 9.12. The molecule has 0 spiro atoms. The Hall–Kier alpha value is 0.390. The molecule has 0 aliphatic rings. The van der Waals surface area contributed by atoms with Crippen molar-refractivity contribution in [2.75, 3.05) is 6.61 Å². The van der Waals surface area contributed by atoms with Gasteiger partial charge in [-0.25, -0.2) is 4.79 Å². The van der Waals surface area contributed by atoms with Crippen LogP contribution >= 0.6 is 0 Å². The van der Waals surface area contributed by atoms with Crippen molar-refractivity contribution in [3.8, 4) is 0 Å². The molecule has 5 heteroatoms. The first-order valence-electron chi connectivity index (χ1n) is 1.10. The minimum absolute atomic E-state index is 0. The molecule has 0 heterocycles. The Labute approximate surface area is 62.7 Å². The molecule has 0 unspecified atom stereocenters. The summed E-state index contributed by atoms with van der Waals surface area (Å²) in [5.41, 5.74) is 0. The van der Waals surface area contributed by atoms with E-state index in [1.807, 2.05) is 0 Å². The Morgan fingerprint density at radius 1 is 1.57 bits per heavy atom. The van der Waals surface area contributed by atoms with Crippen LogP contribution < -0.4 is 29.6 Å². The van der Waals surface area contributed by atoms with Crippen molar-refractivity contribution in [3.63, 3.8) is 0 Å². The maximum absolute atomic E-state index is 9.12. The van der Waals surface area contributed by atoms with Crippen LogP contribution in [0.15, 0.2) is 0 Å². The molecule has 0 aromatic heterocycles. The van der Waals surface area contributed by atoms with E-state index in [9.17, 15) is 0 Å². The van der Waals surface area contributed by atoms with Crippen LogP contribution in [-0.4, -0.2) is 28.3 Å². The van der Waals surface area contributed by atoms with Crippen LogP contribution in [0, 0.1) is 0 Å². The standard InChI is InChI=1S/C2H4O3.Na.H2O/c3-1-2(4)5;;/h3H,1H2,(H,4,5);;1H2/q;+1;/p-1. The molecule has 4 nitrogen and oxygen atoms in total. The maximum Gasteiger partial charge on any atom is 1.00 e. The molecule has 0 fully saturated rings. The van der Waals surface area contributed by atoms with Gasteiger partial charge in [-0.05, 0) is 0 Å². The van der Waals surface area contributed by atoms with Crippen molar-refractivity contribution in [1.82, 2.24) is 0 Å². The molecule has 0 radical (unpaired) electrons. The summed E-state index contributed by atoms with van der Waals surface area (Å²) in [5, 5.41) is 15.0. The van der Waals surface area contributed by atoms with Crippen LogP contribution in [0.5, 0.6) is 0 Å². The Bertz CT molecular complexity index is 45.0. The first-order chi connectivity index (χ1) is 2.27. The largest absolute Gasteiger partial charge is 1.00 e. The Morgan fingerprint density at radius 2 is 1.71 bits per heavy atom. The smallest absolute Gasteiger partial charge is 0.870 e. The molecule has 0 amide bonds. The fourth-order valence-electron chi connectivity index (χ4n) is 0. The van der Waals surface area contributed by atoms with Crippen molar-refractivity contribution < 1.29 is 50.0 Å². The molecule has 0 saturated carbocycles. The van der Waals surface area contributed by atoms with Crippen molar-refractivity contribution in [2.24, 2.45) is 0 Å². The monoisotopic (exact) mass is 116 g/mol. The molecule has 0 rings (SSSR count). The molecule has 3 N–H and O–H groups in total. The van der Waals surface area contributed by atoms with Crippen LogP contribution in [0.4, 0.5) is 0 Å². The third kappa shape index (κ3) is 21.6. The number of aliphatic hydroxyl groups is 1. The Morgan fingerprint density at radius 3 is 1.71 bits per heavy atom. The third-order valence-corrected chi connectivity index (χ3v) is 0.135. The molecule has 38 valence electrons. The van der Waals surface area contributed by atoms with E-state index >= 15 is 0 Å². The van der Waals surface area contributed by atoms with Crippen LogP contribution in [0.3, 0.4) is 0 Å². The molecule has 0 saturated heterocycles. The summed E-state index contributed by atoms with van der Waals surface area (Å²) in [6, 6.07) is 0. The second-order valence-electron chi connectivity index (χ2n) is 0.552. The van der Waals surface area contributed by atoms with Crippen molar-refractivity contribution in [1.29, 1.82) is 0 Å². The first kappa shape index (κ1) is 15.7. The Balaban J connectivity index is -0.0000000800. The summed E-state index contributed by atoms with van der Waals surface area (Å²) in [5.74, 6) is -1.19. The zero-order chi connectivity index (χ0) is 4.28. The third-order valence-electron chi connectivity index (χ3n) is 0.135. The molecular weight excluding hydrogens is 111 g/mol. The molecule has 7 heavy (non-hydrogen) atoms. The minimum Gasteiger partial charge on any atom is -0.870 e. The number of hydrogen-bond donors (Lipinski definition) is 2. The van der Waals surface area contributed by atoms with E-state index < -0.39 is 12.6 Å². The molecule has 0 aromatic carbocycles. The number of aliphatic hydroxyl groups excluding tert-OH is 1. The van der Waals surface area contributed by atoms with Crippen molar-refractivity contribution in [3.05, 3.63) is 0 Å². The van der Waals surface area contributed by atoms with Crippen LogP contribution in [0.2, 0.25) is 0 Å². The Kier molecular flexibility index (Phi) is 21.5. The summed E-state index contributed by atoms with van der Waals surface area (Å²) in [7, 11) is 0. The minimum atomic E-state index is -1.19. The SMILES string of the molecule is O=C(O)CO.[Na+].[OH-]. The number of carbonyl (C=O) groups is 1. The van der Waals surface area contributed by atoms with Gasteiger partial charge in [0.25, 0.3) is 0 Å². The van der Waals surface area contributed by atoms with E-state index in [-0.39, 0.29) is 35.0 Å². The predicted molar refractivity (Wildman–Crippen MR) is 16.7 cm³/mol.